The average Bonchev–Trinajstić information content (AvgIpc) is 2.93. The van der Waals surface area contributed by atoms with Crippen LogP contribution in [0.4, 0.5) is 0 Å². The highest BCUT2D eigenvalue weighted by Crippen LogP contribution is 2.58. The molecule has 5 fully saturated rings. The highest BCUT2D eigenvalue weighted by Gasteiger charge is 2.58. The zero-order valence-corrected chi connectivity index (χ0v) is 9.65. The Balaban J connectivity index is 1.54. The summed E-state index contributed by atoms with van der Waals surface area (Å²) in [5.41, 5.74) is -0.390. The second kappa shape index (κ2) is 3.01. The van der Waals surface area contributed by atoms with Gasteiger partial charge in [0, 0.05) is 6.42 Å². The first-order chi connectivity index (χ1) is 7.65. The summed E-state index contributed by atoms with van der Waals surface area (Å²) in [6.07, 6.45) is 6.95. The van der Waals surface area contributed by atoms with Crippen LogP contribution in [-0.2, 0) is 9.47 Å². The maximum atomic E-state index is 10.5. The molecule has 3 heteroatoms. The monoisotopic (exact) mass is 224 g/mol. The van der Waals surface area contributed by atoms with Gasteiger partial charge < -0.3 is 14.6 Å². The minimum absolute atomic E-state index is 0.00475. The summed E-state index contributed by atoms with van der Waals surface area (Å²) in [6, 6.07) is 0. The lowest BCUT2D eigenvalue weighted by Gasteiger charge is -2.59. The van der Waals surface area contributed by atoms with Crippen LogP contribution in [0, 0.1) is 11.8 Å². The Labute approximate surface area is 96.1 Å². The molecular weight excluding hydrogens is 204 g/mol. The van der Waals surface area contributed by atoms with Crippen molar-refractivity contribution in [2.75, 3.05) is 13.2 Å². The summed E-state index contributed by atoms with van der Waals surface area (Å²) < 4.78 is 11.4. The highest BCUT2D eigenvalue weighted by molar-refractivity contribution is 5.10. The standard InChI is InChI=1S/C13H20O3/c14-12-2-9-1-10(3-12)5-13(4-9,8-12)16-7-11-6-15-11/h9-11,14H,1-8H2. The van der Waals surface area contributed by atoms with Gasteiger partial charge in [-0.1, -0.05) is 0 Å². The fourth-order valence-corrected chi connectivity index (χ4v) is 4.73. The zero-order chi connectivity index (χ0) is 10.8. The summed E-state index contributed by atoms with van der Waals surface area (Å²) in [7, 11) is 0. The van der Waals surface area contributed by atoms with Gasteiger partial charge in [0.15, 0.2) is 0 Å². The lowest BCUT2D eigenvalue weighted by Crippen LogP contribution is -2.60. The van der Waals surface area contributed by atoms with Gasteiger partial charge in [-0.15, -0.1) is 0 Å². The summed E-state index contributed by atoms with van der Waals surface area (Å²) in [5.74, 6) is 1.43. The molecule has 4 bridgehead atoms. The summed E-state index contributed by atoms with van der Waals surface area (Å²) in [6.45, 7) is 1.61. The van der Waals surface area contributed by atoms with E-state index in [4.69, 9.17) is 9.47 Å². The largest absolute Gasteiger partial charge is 0.390 e. The molecule has 4 saturated carbocycles. The van der Waals surface area contributed by atoms with Crippen LogP contribution in [0.15, 0.2) is 0 Å². The van der Waals surface area contributed by atoms with E-state index in [1.807, 2.05) is 0 Å². The molecule has 1 aliphatic heterocycles. The summed E-state index contributed by atoms with van der Waals surface area (Å²) in [4.78, 5) is 0. The van der Waals surface area contributed by atoms with Crippen LogP contribution >= 0.6 is 0 Å². The Morgan fingerprint density at radius 2 is 1.88 bits per heavy atom. The third-order valence-corrected chi connectivity index (χ3v) is 4.95. The van der Waals surface area contributed by atoms with E-state index in [1.54, 1.807) is 0 Å². The minimum Gasteiger partial charge on any atom is -0.390 e. The number of epoxide rings is 1. The van der Waals surface area contributed by atoms with Gasteiger partial charge in [0.1, 0.15) is 6.10 Å². The van der Waals surface area contributed by atoms with Crippen molar-refractivity contribution in [3.63, 3.8) is 0 Å². The van der Waals surface area contributed by atoms with Crippen molar-refractivity contribution < 1.29 is 14.6 Å². The lowest BCUT2D eigenvalue weighted by molar-refractivity contribution is -0.220. The summed E-state index contributed by atoms with van der Waals surface area (Å²) in [5, 5.41) is 10.5. The molecule has 0 radical (unpaired) electrons. The second-order valence-corrected chi connectivity index (χ2v) is 6.63. The molecule has 1 saturated heterocycles. The fourth-order valence-electron chi connectivity index (χ4n) is 4.73. The second-order valence-electron chi connectivity index (χ2n) is 6.63. The normalized spacial score (nSPS) is 57.9. The van der Waals surface area contributed by atoms with Gasteiger partial charge in [0.05, 0.1) is 24.4 Å². The van der Waals surface area contributed by atoms with E-state index in [9.17, 15) is 5.11 Å². The van der Waals surface area contributed by atoms with E-state index in [1.165, 1.54) is 19.3 Å². The molecule has 5 aliphatic rings. The third kappa shape index (κ3) is 1.52. The molecule has 4 aliphatic carbocycles. The van der Waals surface area contributed by atoms with Gasteiger partial charge in [-0.05, 0) is 43.9 Å². The van der Waals surface area contributed by atoms with E-state index in [2.05, 4.69) is 0 Å². The Hall–Kier alpha value is -0.120. The van der Waals surface area contributed by atoms with Gasteiger partial charge in [0.25, 0.3) is 0 Å². The predicted molar refractivity (Wildman–Crippen MR) is 58.1 cm³/mol. The number of rotatable bonds is 3. The molecule has 1 heterocycles. The van der Waals surface area contributed by atoms with Crippen LogP contribution in [0.2, 0.25) is 0 Å². The number of aliphatic hydroxyl groups is 1. The van der Waals surface area contributed by atoms with Crippen molar-refractivity contribution in [3.8, 4) is 0 Å². The van der Waals surface area contributed by atoms with Crippen molar-refractivity contribution in [1.82, 2.24) is 0 Å². The van der Waals surface area contributed by atoms with Gasteiger partial charge in [-0.25, -0.2) is 0 Å². The Bertz CT molecular complexity index is 296. The fraction of sp³-hybridized carbons (Fsp3) is 1.00. The van der Waals surface area contributed by atoms with Crippen LogP contribution in [0.25, 0.3) is 0 Å². The average molecular weight is 224 g/mol. The molecule has 90 valence electrons. The van der Waals surface area contributed by atoms with Gasteiger partial charge in [0.2, 0.25) is 0 Å². The molecule has 0 aromatic rings. The maximum Gasteiger partial charge on any atom is 0.104 e. The molecule has 16 heavy (non-hydrogen) atoms. The third-order valence-electron chi connectivity index (χ3n) is 4.95. The van der Waals surface area contributed by atoms with Crippen molar-refractivity contribution in [2.45, 2.75) is 55.8 Å². The van der Waals surface area contributed by atoms with E-state index in [-0.39, 0.29) is 5.60 Å². The molecule has 3 nitrogen and oxygen atoms in total. The predicted octanol–water partition coefficient (Wildman–Crippen LogP) is 1.49. The first-order valence-corrected chi connectivity index (χ1v) is 6.63. The van der Waals surface area contributed by atoms with Crippen LogP contribution in [0.1, 0.15) is 38.5 Å². The highest BCUT2D eigenvalue weighted by atomic mass is 16.6. The molecule has 5 rings (SSSR count). The van der Waals surface area contributed by atoms with Crippen LogP contribution < -0.4 is 0 Å². The maximum absolute atomic E-state index is 10.5. The molecular formula is C13H20O3. The van der Waals surface area contributed by atoms with Crippen molar-refractivity contribution in [2.24, 2.45) is 11.8 Å². The van der Waals surface area contributed by atoms with Crippen LogP contribution in [0.3, 0.4) is 0 Å². The van der Waals surface area contributed by atoms with Crippen LogP contribution in [0.5, 0.6) is 0 Å². The first kappa shape index (κ1) is 9.86. The number of ether oxygens (including phenoxy) is 2. The van der Waals surface area contributed by atoms with Crippen molar-refractivity contribution in [3.05, 3.63) is 0 Å². The molecule has 0 aromatic heterocycles. The molecule has 0 spiro atoms. The smallest absolute Gasteiger partial charge is 0.104 e. The number of hydrogen-bond donors (Lipinski definition) is 1. The Morgan fingerprint density at radius 1 is 1.19 bits per heavy atom. The number of hydrogen-bond acceptors (Lipinski definition) is 3. The SMILES string of the molecule is OC12CC3CC(C1)CC(OCC1CO1)(C3)C2. The molecule has 3 unspecified atom stereocenters. The molecule has 0 amide bonds. The lowest BCUT2D eigenvalue weighted by atomic mass is 9.52. The first-order valence-electron chi connectivity index (χ1n) is 6.63. The van der Waals surface area contributed by atoms with Crippen molar-refractivity contribution in [1.29, 1.82) is 0 Å². The zero-order valence-electron chi connectivity index (χ0n) is 9.65. The Morgan fingerprint density at radius 3 is 2.44 bits per heavy atom. The molecule has 0 aromatic carbocycles. The van der Waals surface area contributed by atoms with Gasteiger partial charge in [-0.3, -0.25) is 0 Å². The van der Waals surface area contributed by atoms with E-state index >= 15 is 0 Å². The van der Waals surface area contributed by atoms with E-state index in [0.717, 1.165) is 32.5 Å². The molecule has 1 N–H and O–H groups in total. The minimum atomic E-state index is -0.394. The van der Waals surface area contributed by atoms with E-state index in [0.29, 0.717) is 17.9 Å². The quantitative estimate of drug-likeness (QED) is 0.738. The van der Waals surface area contributed by atoms with Crippen molar-refractivity contribution >= 4 is 0 Å². The van der Waals surface area contributed by atoms with Gasteiger partial charge >= 0.3 is 0 Å². The topological polar surface area (TPSA) is 42.0 Å². The summed E-state index contributed by atoms with van der Waals surface area (Å²) >= 11 is 0. The van der Waals surface area contributed by atoms with Gasteiger partial charge in [-0.2, -0.15) is 0 Å². The Kier molecular flexibility index (Phi) is 1.85. The van der Waals surface area contributed by atoms with E-state index < -0.39 is 5.60 Å². The van der Waals surface area contributed by atoms with Crippen LogP contribution in [-0.4, -0.2) is 35.6 Å². The molecule has 3 atom stereocenters.